The van der Waals surface area contributed by atoms with E-state index in [0.29, 0.717) is 28.3 Å². The van der Waals surface area contributed by atoms with Crippen LogP contribution >= 0.6 is 23.1 Å². The first-order valence-electron chi connectivity index (χ1n) is 8.93. The first-order chi connectivity index (χ1) is 13.4. The zero-order valence-corrected chi connectivity index (χ0v) is 18.0. The van der Waals surface area contributed by atoms with Crippen LogP contribution in [-0.2, 0) is 17.5 Å². The number of nitrogens with zero attached hydrogens (tertiary/aromatic N) is 4. The van der Waals surface area contributed by atoms with Crippen molar-refractivity contribution in [2.24, 2.45) is 0 Å². The number of fused-ring (bicyclic) bond motifs is 1. The topological polar surface area (TPSA) is 77.3 Å². The molecule has 1 fully saturated rings. The van der Waals surface area contributed by atoms with Gasteiger partial charge in [0.05, 0.1) is 6.04 Å². The van der Waals surface area contributed by atoms with Crippen molar-refractivity contribution in [2.45, 2.75) is 62.3 Å². The molecule has 0 aliphatic carbocycles. The van der Waals surface area contributed by atoms with E-state index < -0.39 is 35.3 Å². The van der Waals surface area contributed by atoms with Crippen LogP contribution in [0.3, 0.4) is 0 Å². The van der Waals surface area contributed by atoms with Gasteiger partial charge in [-0.1, -0.05) is 23.1 Å². The molecule has 160 valence electrons. The Morgan fingerprint density at radius 2 is 2.00 bits per heavy atom. The number of aromatic nitrogens is 3. The fourth-order valence-corrected chi connectivity index (χ4v) is 4.58. The van der Waals surface area contributed by atoms with E-state index >= 15 is 0 Å². The smallest absolute Gasteiger partial charge is 0.444 e. The van der Waals surface area contributed by atoms with Crippen molar-refractivity contribution in [3.8, 4) is 0 Å². The third-order valence-electron chi connectivity index (χ3n) is 4.33. The second-order valence-electron chi connectivity index (χ2n) is 7.66. The molecule has 1 amide bonds. The monoisotopic (exact) mass is 450 g/mol. The Morgan fingerprint density at radius 3 is 2.59 bits per heavy atom. The first-order valence-corrected chi connectivity index (χ1v) is 11.0. The Bertz CT molecular complexity index is 981. The van der Waals surface area contributed by atoms with Gasteiger partial charge < -0.3 is 9.64 Å². The van der Waals surface area contributed by atoms with Crippen LogP contribution in [0.5, 0.6) is 0 Å². The highest BCUT2D eigenvalue weighted by atomic mass is 32.2. The molecule has 1 saturated heterocycles. The number of thiazole rings is 1. The zero-order valence-electron chi connectivity index (χ0n) is 16.4. The molecular formula is C17H21F3N4O3S2. The molecule has 1 aliphatic heterocycles. The van der Waals surface area contributed by atoms with Crippen LogP contribution in [0.15, 0.2) is 9.13 Å². The Morgan fingerprint density at radius 1 is 1.31 bits per heavy atom. The maximum Gasteiger partial charge on any atom is 0.449 e. The molecule has 29 heavy (non-hydrogen) atoms. The summed E-state index contributed by atoms with van der Waals surface area (Å²) in [4.78, 5) is 34.4. The van der Waals surface area contributed by atoms with Crippen molar-refractivity contribution in [1.29, 1.82) is 0 Å². The normalized spacial score (nSPS) is 17.9. The molecule has 0 unspecified atom stereocenters. The fraction of sp³-hybridized carbons (Fsp3) is 0.647. The average molecular weight is 451 g/mol. The minimum Gasteiger partial charge on any atom is -0.444 e. The zero-order chi connectivity index (χ0) is 21.6. The molecule has 3 heterocycles. The Labute approximate surface area is 173 Å². The van der Waals surface area contributed by atoms with E-state index in [1.54, 1.807) is 27.0 Å². The van der Waals surface area contributed by atoms with Gasteiger partial charge in [0, 0.05) is 13.1 Å². The number of amides is 1. The molecule has 0 N–H and O–H groups in total. The van der Waals surface area contributed by atoms with Gasteiger partial charge in [-0.2, -0.15) is 13.2 Å². The number of rotatable bonds is 3. The summed E-state index contributed by atoms with van der Waals surface area (Å²) in [6, 6.07) is -0.596. The predicted octanol–water partition coefficient (Wildman–Crippen LogP) is 3.99. The summed E-state index contributed by atoms with van der Waals surface area (Å²) in [5.41, 5.74) is -1.67. The molecule has 2 aromatic rings. The summed E-state index contributed by atoms with van der Waals surface area (Å²) < 4.78 is 47.4. The Balaban J connectivity index is 2.01. The number of carbonyl (C=O) groups is 1. The Kier molecular flexibility index (Phi) is 5.87. The van der Waals surface area contributed by atoms with Crippen molar-refractivity contribution in [3.05, 3.63) is 16.2 Å². The van der Waals surface area contributed by atoms with Gasteiger partial charge in [-0.3, -0.25) is 9.36 Å². The molecule has 0 bridgehead atoms. The van der Waals surface area contributed by atoms with Gasteiger partial charge >= 0.3 is 12.3 Å². The van der Waals surface area contributed by atoms with Gasteiger partial charge in [0.25, 0.3) is 5.56 Å². The molecule has 0 aromatic carbocycles. The third kappa shape index (κ3) is 4.68. The number of thioether (sulfide) groups is 1. The number of hydrogen-bond acceptors (Lipinski definition) is 7. The molecule has 12 heteroatoms. The van der Waals surface area contributed by atoms with Gasteiger partial charge in [-0.05, 0) is 39.9 Å². The molecule has 0 radical (unpaired) electrons. The lowest BCUT2D eigenvalue weighted by Crippen LogP contribution is -2.44. The lowest BCUT2D eigenvalue weighted by Gasteiger charge is -2.29. The number of alkyl halides is 3. The van der Waals surface area contributed by atoms with Gasteiger partial charge in [0.1, 0.15) is 5.60 Å². The van der Waals surface area contributed by atoms with E-state index in [1.165, 1.54) is 16.7 Å². The standard InChI is InChI=1S/C17H21F3N4O3S2/c1-16(2,3)27-15(26)23-7-5-6-9(23)8-24-12(25)10-11(29-14(21-10)28-4)22-13(24)17(18,19)20/h9H,5-8H2,1-4H3/t9-/m1/s1. The van der Waals surface area contributed by atoms with E-state index in [2.05, 4.69) is 9.97 Å². The molecular weight excluding hydrogens is 429 g/mol. The van der Waals surface area contributed by atoms with Gasteiger partial charge in [-0.25, -0.2) is 14.8 Å². The number of halogens is 3. The summed E-state index contributed by atoms with van der Waals surface area (Å²) in [6.07, 6.45) is -2.62. The summed E-state index contributed by atoms with van der Waals surface area (Å²) >= 11 is 2.18. The van der Waals surface area contributed by atoms with Gasteiger partial charge in [0.2, 0.25) is 5.82 Å². The maximum absolute atomic E-state index is 13.6. The van der Waals surface area contributed by atoms with Crippen molar-refractivity contribution < 1.29 is 22.7 Å². The lowest BCUT2D eigenvalue weighted by atomic mass is 10.2. The van der Waals surface area contributed by atoms with Crippen LogP contribution in [0.4, 0.5) is 18.0 Å². The number of hydrogen-bond donors (Lipinski definition) is 0. The highest BCUT2D eigenvalue weighted by Gasteiger charge is 2.40. The third-order valence-corrected chi connectivity index (χ3v) is 6.26. The largest absolute Gasteiger partial charge is 0.449 e. The van der Waals surface area contributed by atoms with Gasteiger partial charge in [-0.15, -0.1) is 0 Å². The molecule has 2 aromatic heterocycles. The van der Waals surface area contributed by atoms with Crippen LogP contribution in [0.25, 0.3) is 10.3 Å². The minimum atomic E-state index is -4.81. The van der Waals surface area contributed by atoms with Crippen molar-refractivity contribution in [1.82, 2.24) is 19.4 Å². The number of carbonyl (C=O) groups excluding carboxylic acids is 1. The predicted molar refractivity (Wildman–Crippen MR) is 104 cm³/mol. The average Bonchev–Trinajstić information content (AvgIpc) is 3.21. The second-order valence-corrected chi connectivity index (χ2v) is 9.69. The molecule has 1 atom stereocenters. The van der Waals surface area contributed by atoms with Crippen molar-refractivity contribution in [3.63, 3.8) is 0 Å². The molecule has 3 rings (SSSR count). The quantitative estimate of drug-likeness (QED) is 0.658. The number of likely N-dealkylation sites (tertiary alicyclic amines) is 1. The first kappa shape index (κ1) is 21.9. The van der Waals surface area contributed by atoms with E-state index in [0.717, 1.165) is 11.3 Å². The van der Waals surface area contributed by atoms with Crippen LogP contribution in [0, 0.1) is 0 Å². The summed E-state index contributed by atoms with van der Waals surface area (Å²) in [5, 5.41) is 0. The molecule has 0 spiro atoms. The molecule has 7 nitrogen and oxygen atoms in total. The Hall–Kier alpha value is -1.82. The van der Waals surface area contributed by atoms with Crippen molar-refractivity contribution >= 4 is 39.5 Å². The van der Waals surface area contributed by atoms with Crippen molar-refractivity contribution in [2.75, 3.05) is 12.8 Å². The molecule has 1 aliphatic rings. The maximum atomic E-state index is 13.6. The minimum absolute atomic E-state index is 0.0432. The van der Waals surface area contributed by atoms with Crippen LogP contribution in [0.1, 0.15) is 39.4 Å². The van der Waals surface area contributed by atoms with E-state index in [4.69, 9.17) is 4.74 Å². The fourth-order valence-electron chi connectivity index (χ4n) is 3.16. The summed E-state index contributed by atoms with van der Waals surface area (Å²) in [6.45, 7) is 5.18. The summed E-state index contributed by atoms with van der Waals surface area (Å²) in [7, 11) is 0. The second kappa shape index (κ2) is 7.78. The van der Waals surface area contributed by atoms with E-state index in [1.807, 2.05) is 0 Å². The number of ether oxygens (including phenoxy) is 1. The van der Waals surface area contributed by atoms with Crippen LogP contribution in [0.2, 0.25) is 0 Å². The molecule has 0 saturated carbocycles. The highest BCUT2D eigenvalue weighted by molar-refractivity contribution is 8.00. The van der Waals surface area contributed by atoms with E-state index in [9.17, 15) is 22.8 Å². The highest BCUT2D eigenvalue weighted by Crippen LogP contribution is 2.32. The van der Waals surface area contributed by atoms with Crippen LogP contribution < -0.4 is 5.56 Å². The van der Waals surface area contributed by atoms with Crippen LogP contribution in [-0.4, -0.2) is 50.0 Å². The lowest BCUT2D eigenvalue weighted by molar-refractivity contribution is -0.148. The van der Waals surface area contributed by atoms with E-state index in [-0.39, 0.29) is 16.9 Å². The summed E-state index contributed by atoms with van der Waals surface area (Å²) in [5.74, 6) is -1.28. The van der Waals surface area contributed by atoms with Gasteiger partial charge in [0.15, 0.2) is 14.7 Å². The SMILES string of the molecule is CSc1nc2c(=O)n(C[C@H]3CCCN3C(=O)OC(C)(C)C)c(C(F)(F)F)nc2s1.